The Kier molecular flexibility index (Phi) is 5.14. The van der Waals surface area contributed by atoms with Crippen LogP contribution in [0, 0.1) is 0 Å². The summed E-state index contributed by atoms with van der Waals surface area (Å²) in [4.78, 5) is 27.5. The van der Waals surface area contributed by atoms with Gasteiger partial charge in [-0.05, 0) is 41.8 Å². The number of carbonyl (C=O) groups is 2. The number of rotatable bonds is 5. The molecule has 0 bridgehead atoms. The molecule has 20 heavy (non-hydrogen) atoms. The van der Waals surface area contributed by atoms with Crippen molar-refractivity contribution in [2.45, 2.75) is 25.4 Å². The average molecular weight is 296 g/mol. The Bertz CT molecular complexity index is 461. The van der Waals surface area contributed by atoms with Gasteiger partial charge in [0.2, 0.25) is 5.91 Å². The lowest BCUT2D eigenvalue weighted by Crippen LogP contribution is -2.43. The molecule has 1 saturated heterocycles. The van der Waals surface area contributed by atoms with Gasteiger partial charge in [-0.25, -0.2) is 0 Å². The average Bonchev–Trinajstić information content (AvgIpc) is 3.09. The molecule has 1 amide bonds. The minimum Gasteiger partial charge on any atom is -0.468 e. The highest BCUT2D eigenvalue weighted by atomic mass is 32.1. The van der Waals surface area contributed by atoms with Crippen molar-refractivity contribution in [3.63, 3.8) is 0 Å². The molecule has 1 unspecified atom stereocenters. The summed E-state index contributed by atoms with van der Waals surface area (Å²) < 4.78 is 4.79. The minimum absolute atomic E-state index is 0.0343. The smallest absolute Gasteiger partial charge is 0.323 e. The second-order valence-corrected chi connectivity index (χ2v) is 5.81. The molecule has 2 rings (SSSR count). The number of ether oxygens (including phenoxy) is 1. The van der Waals surface area contributed by atoms with E-state index >= 15 is 0 Å². The van der Waals surface area contributed by atoms with Gasteiger partial charge in [-0.2, -0.15) is 11.3 Å². The molecule has 0 radical (unpaired) electrons. The molecule has 5 nitrogen and oxygen atoms in total. The predicted molar refractivity (Wildman–Crippen MR) is 77.4 cm³/mol. The topological polar surface area (TPSA) is 49.9 Å². The molecular weight excluding hydrogens is 276 g/mol. The van der Waals surface area contributed by atoms with Crippen molar-refractivity contribution in [2.75, 3.05) is 27.2 Å². The van der Waals surface area contributed by atoms with Gasteiger partial charge in [0.1, 0.15) is 6.04 Å². The molecular formula is C14H20N2O3S. The van der Waals surface area contributed by atoms with Gasteiger partial charge >= 0.3 is 5.97 Å². The number of thiophene rings is 1. The van der Waals surface area contributed by atoms with Crippen LogP contribution in [-0.2, 0) is 20.9 Å². The quantitative estimate of drug-likeness (QED) is 0.770. The SMILES string of the molecule is COC(=O)C1CCCN1CC(=O)N(C)Cc1ccsc1. The van der Waals surface area contributed by atoms with E-state index in [9.17, 15) is 9.59 Å². The monoisotopic (exact) mass is 296 g/mol. The Balaban J connectivity index is 1.88. The van der Waals surface area contributed by atoms with Crippen LogP contribution in [0.4, 0.5) is 0 Å². The molecule has 1 aliphatic rings. The molecule has 0 aliphatic carbocycles. The maximum Gasteiger partial charge on any atom is 0.323 e. The van der Waals surface area contributed by atoms with Crippen LogP contribution in [0.15, 0.2) is 16.8 Å². The number of hydrogen-bond donors (Lipinski definition) is 0. The number of carbonyl (C=O) groups excluding carboxylic acids is 2. The van der Waals surface area contributed by atoms with Gasteiger partial charge in [-0.3, -0.25) is 14.5 Å². The van der Waals surface area contributed by atoms with Crippen LogP contribution < -0.4 is 0 Å². The molecule has 0 N–H and O–H groups in total. The molecule has 110 valence electrons. The van der Waals surface area contributed by atoms with Crippen molar-refractivity contribution in [3.8, 4) is 0 Å². The Labute approximate surface area is 123 Å². The van der Waals surface area contributed by atoms with E-state index in [1.54, 1.807) is 23.3 Å². The van der Waals surface area contributed by atoms with Crippen molar-refractivity contribution in [2.24, 2.45) is 0 Å². The lowest BCUT2D eigenvalue weighted by Gasteiger charge is -2.24. The fourth-order valence-electron chi connectivity index (χ4n) is 2.46. The van der Waals surface area contributed by atoms with Gasteiger partial charge < -0.3 is 9.64 Å². The molecule has 1 aromatic rings. The second kappa shape index (κ2) is 6.85. The summed E-state index contributed by atoms with van der Waals surface area (Å²) in [5.74, 6) is -0.206. The van der Waals surface area contributed by atoms with E-state index in [4.69, 9.17) is 4.74 Å². The molecule has 1 atom stereocenters. The lowest BCUT2D eigenvalue weighted by atomic mass is 10.2. The molecule has 1 aliphatic heterocycles. The number of esters is 1. The van der Waals surface area contributed by atoms with E-state index in [0.29, 0.717) is 6.54 Å². The minimum atomic E-state index is -0.265. The van der Waals surface area contributed by atoms with Crippen LogP contribution in [0.2, 0.25) is 0 Å². The third-order valence-corrected chi connectivity index (χ3v) is 4.33. The number of amides is 1. The molecule has 1 fully saturated rings. The number of hydrogen-bond acceptors (Lipinski definition) is 5. The van der Waals surface area contributed by atoms with Gasteiger partial charge in [-0.15, -0.1) is 0 Å². The largest absolute Gasteiger partial charge is 0.468 e. The number of methoxy groups -OCH3 is 1. The van der Waals surface area contributed by atoms with Gasteiger partial charge in [0.25, 0.3) is 0 Å². The highest BCUT2D eigenvalue weighted by Crippen LogP contribution is 2.18. The van der Waals surface area contributed by atoms with Crippen molar-refractivity contribution in [3.05, 3.63) is 22.4 Å². The Hall–Kier alpha value is -1.40. The molecule has 0 spiro atoms. The third kappa shape index (κ3) is 3.58. The first-order chi connectivity index (χ1) is 9.61. The van der Waals surface area contributed by atoms with Crippen LogP contribution in [-0.4, -0.2) is 55.0 Å². The second-order valence-electron chi connectivity index (χ2n) is 5.03. The van der Waals surface area contributed by atoms with Crippen LogP contribution in [0.5, 0.6) is 0 Å². The summed E-state index contributed by atoms with van der Waals surface area (Å²) in [6.07, 6.45) is 1.70. The summed E-state index contributed by atoms with van der Waals surface area (Å²) in [6, 6.07) is 1.75. The Morgan fingerprint density at radius 1 is 1.55 bits per heavy atom. The van der Waals surface area contributed by atoms with E-state index < -0.39 is 0 Å². The summed E-state index contributed by atoms with van der Waals surface area (Å²) in [5.41, 5.74) is 1.14. The Morgan fingerprint density at radius 3 is 3.00 bits per heavy atom. The zero-order valence-corrected chi connectivity index (χ0v) is 12.7. The molecule has 0 aromatic carbocycles. The first kappa shape index (κ1) is 15.0. The first-order valence-corrected chi connectivity index (χ1v) is 7.63. The van der Waals surface area contributed by atoms with Crippen molar-refractivity contribution in [1.82, 2.24) is 9.80 Å². The first-order valence-electron chi connectivity index (χ1n) is 6.68. The summed E-state index contributed by atoms with van der Waals surface area (Å²) in [5, 5.41) is 4.04. The highest BCUT2D eigenvalue weighted by Gasteiger charge is 2.33. The third-order valence-electron chi connectivity index (χ3n) is 3.60. The van der Waals surface area contributed by atoms with Gasteiger partial charge in [0, 0.05) is 13.6 Å². The van der Waals surface area contributed by atoms with Crippen LogP contribution in [0.1, 0.15) is 18.4 Å². The normalized spacial score (nSPS) is 19.0. The molecule has 0 saturated carbocycles. The lowest BCUT2D eigenvalue weighted by molar-refractivity contribution is -0.146. The van der Waals surface area contributed by atoms with Crippen LogP contribution in [0.3, 0.4) is 0 Å². The zero-order chi connectivity index (χ0) is 14.5. The molecule has 1 aromatic heterocycles. The zero-order valence-electron chi connectivity index (χ0n) is 11.9. The summed E-state index contributed by atoms with van der Waals surface area (Å²) in [7, 11) is 3.19. The summed E-state index contributed by atoms with van der Waals surface area (Å²) in [6.45, 7) is 1.66. The van der Waals surface area contributed by atoms with Gasteiger partial charge in [-0.1, -0.05) is 0 Å². The number of likely N-dealkylation sites (N-methyl/N-ethyl adjacent to an activating group) is 1. The van der Waals surface area contributed by atoms with E-state index in [0.717, 1.165) is 24.9 Å². The Morgan fingerprint density at radius 2 is 2.35 bits per heavy atom. The summed E-state index contributed by atoms with van der Waals surface area (Å²) >= 11 is 1.62. The maximum absolute atomic E-state index is 12.2. The maximum atomic E-state index is 12.2. The van der Waals surface area contributed by atoms with Crippen LogP contribution >= 0.6 is 11.3 Å². The predicted octanol–water partition coefficient (Wildman–Crippen LogP) is 1.34. The van der Waals surface area contributed by atoms with Gasteiger partial charge in [0.05, 0.1) is 13.7 Å². The highest BCUT2D eigenvalue weighted by molar-refractivity contribution is 7.07. The van der Waals surface area contributed by atoms with E-state index in [2.05, 4.69) is 0 Å². The van der Waals surface area contributed by atoms with E-state index in [1.165, 1.54) is 7.11 Å². The van der Waals surface area contributed by atoms with Gasteiger partial charge in [0.15, 0.2) is 0 Å². The molecule has 6 heteroatoms. The van der Waals surface area contributed by atoms with Crippen molar-refractivity contribution < 1.29 is 14.3 Å². The van der Waals surface area contributed by atoms with Crippen LogP contribution in [0.25, 0.3) is 0 Å². The van der Waals surface area contributed by atoms with E-state index in [1.807, 2.05) is 21.7 Å². The van der Waals surface area contributed by atoms with Crippen molar-refractivity contribution >= 4 is 23.2 Å². The fraction of sp³-hybridized carbons (Fsp3) is 0.571. The van der Waals surface area contributed by atoms with Crippen molar-refractivity contribution in [1.29, 1.82) is 0 Å². The standard InChI is InChI=1S/C14H20N2O3S/c1-15(8-11-5-7-20-10-11)13(17)9-16-6-3-4-12(16)14(18)19-2/h5,7,10,12H,3-4,6,8-9H2,1-2H3. The van der Waals surface area contributed by atoms with E-state index in [-0.39, 0.29) is 24.5 Å². The number of nitrogens with zero attached hydrogens (tertiary/aromatic N) is 2. The molecule has 2 heterocycles. The number of likely N-dealkylation sites (tertiary alicyclic amines) is 1. The fourth-order valence-corrected chi connectivity index (χ4v) is 3.12.